The molecule has 280 valence electrons. The lowest BCUT2D eigenvalue weighted by molar-refractivity contribution is -0.120. The number of anilines is 5. The number of carbonyl (C=O) groups excluding carboxylic acids is 3. The molecular formula is C38H45N13O3. The quantitative estimate of drug-likeness (QED) is 0.240. The number of para-hydroxylation sites is 1. The van der Waals surface area contributed by atoms with E-state index in [2.05, 4.69) is 47.0 Å². The lowest BCUT2D eigenvalue weighted by Crippen LogP contribution is -2.63. The fourth-order valence-corrected chi connectivity index (χ4v) is 8.50. The van der Waals surface area contributed by atoms with E-state index in [-0.39, 0.29) is 24.3 Å². The van der Waals surface area contributed by atoms with Crippen molar-refractivity contribution in [2.24, 2.45) is 7.05 Å². The molecule has 7 heterocycles. The summed E-state index contributed by atoms with van der Waals surface area (Å²) in [7, 11) is 5.47. The summed E-state index contributed by atoms with van der Waals surface area (Å²) in [6.07, 6.45) is 8.34. The van der Waals surface area contributed by atoms with E-state index in [1.807, 2.05) is 42.2 Å². The summed E-state index contributed by atoms with van der Waals surface area (Å²) in [5, 5.41) is 12.2. The molecule has 0 spiro atoms. The molecule has 0 bridgehead atoms. The molecule has 16 nitrogen and oxygen atoms in total. The Labute approximate surface area is 312 Å². The highest BCUT2D eigenvalue weighted by atomic mass is 16.2. The van der Waals surface area contributed by atoms with Gasteiger partial charge in [0.15, 0.2) is 5.82 Å². The maximum atomic E-state index is 13.1. The first kappa shape index (κ1) is 34.0. The van der Waals surface area contributed by atoms with Crippen molar-refractivity contribution >= 4 is 68.7 Å². The SMILES string of the molecule is CN(C)C(=O)c1cc2cnc(Nc3ccc(N4CCN(C5CN(c6cccc7c(N8CCC(=O)NC8=O)nn(C)c67)C5)CC4)cn3)nc2n1C1CCCC1. The number of carbonyl (C=O) groups is 3. The molecule has 0 unspecified atom stereocenters. The lowest BCUT2D eigenvalue weighted by atomic mass is 10.0. The third-order valence-corrected chi connectivity index (χ3v) is 11.4. The summed E-state index contributed by atoms with van der Waals surface area (Å²) in [4.78, 5) is 62.0. The molecule has 3 aliphatic heterocycles. The number of aryl methyl sites for hydroxylation is 1. The van der Waals surface area contributed by atoms with Gasteiger partial charge in [-0.1, -0.05) is 18.9 Å². The number of piperazine rings is 1. The maximum Gasteiger partial charge on any atom is 0.329 e. The number of pyridine rings is 1. The molecule has 16 heteroatoms. The van der Waals surface area contributed by atoms with E-state index in [9.17, 15) is 14.4 Å². The second kappa shape index (κ2) is 13.6. The normalized spacial score (nSPS) is 18.8. The summed E-state index contributed by atoms with van der Waals surface area (Å²) in [6, 6.07) is 12.4. The second-order valence-electron chi connectivity index (χ2n) is 15.0. The van der Waals surface area contributed by atoms with E-state index < -0.39 is 6.03 Å². The standard InChI is InChI=1S/C38H45N13O3/c1-45(2)36(53)30-19-24-20-40-37(43-34(24)51(30)25-7-4-5-8-25)41-31-12-11-26(21-39-31)47-15-17-48(18-16-47)27-22-49(23-27)29-10-6-9-28-33(29)46(3)44-35(28)50-14-13-32(52)42-38(50)54/h6,9-12,19-21,25,27H,4-5,7-8,13-18,22-23H2,1-3H3,(H,42,52,54)(H,39,40,41,43). The molecule has 3 saturated heterocycles. The fraction of sp³-hybridized carbons (Fsp3) is 0.447. The molecule has 4 aliphatic rings. The third-order valence-electron chi connectivity index (χ3n) is 11.4. The van der Waals surface area contributed by atoms with Gasteiger partial charge in [-0.15, -0.1) is 0 Å². The molecule has 1 aromatic carbocycles. The molecule has 9 rings (SSSR count). The number of fused-ring (bicyclic) bond motifs is 2. The van der Waals surface area contributed by atoms with Crippen molar-refractivity contribution in [2.45, 2.75) is 44.2 Å². The van der Waals surface area contributed by atoms with Crippen LogP contribution in [0.4, 0.5) is 33.8 Å². The molecule has 5 aromatic rings. The van der Waals surface area contributed by atoms with Crippen molar-refractivity contribution in [3.8, 4) is 0 Å². The Hall–Kier alpha value is -5.77. The Morgan fingerprint density at radius 3 is 2.44 bits per heavy atom. The van der Waals surface area contributed by atoms with Gasteiger partial charge in [0.25, 0.3) is 5.91 Å². The number of nitrogens with zero attached hydrogens (tertiary/aromatic N) is 11. The van der Waals surface area contributed by atoms with Crippen LogP contribution in [0, 0.1) is 0 Å². The predicted octanol–water partition coefficient (Wildman–Crippen LogP) is 3.73. The van der Waals surface area contributed by atoms with Crippen LogP contribution in [0.2, 0.25) is 0 Å². The Bertz CT molecular complexity index is 2240. The van der Waals surface area contributed by atoms with Gasteiger partial charge < -0.3 is 24.6 Å². The van der Waals surface area contributed by atoms with E-state index in [1.165, 1.54) is 0 Å². The van der Waals surface area contributed by atoms with Crippen molar-refractivity contribution in [3.63, 3.8) is 0 Å². The van der Waals surface area contributed by atoms with Gasteiger partial charge >= 0.3 is 6.03 Å². The predicted molar refractivity (Wildman–Crippen MR) is 207 cm³/mol. The number of rotatable bonds is 8. The Morgan fingerprint density at radius 1 is 0.926 bits per heavy atom. The molecule has 1 aliphatic carbocycles. The first-order valence-electron chi connectivity index (χ1n) is 18.9. The Kier molecular flexibility index (Phi) is 8.55. The second-order valence-corrected chi connectivity index (χ2v) is 15.0. The third kappa shape index (κ3) is 6.03. The Balaban J connectivity index is 0.819. The van der Waals surface area contributed by atoms with E-state index in [1.54, 1.807) is 30.1 Å². The van der Waals surface area contributed by atoms with E-state index in [4.69, 9.17) is 15.1 Å². The molecule has 0 atom stereocenters. The van der Waals surface area contributed by atoms with Crippen LogP contribution in [0.15, 0.2) is 48.8 Å². The summed E-state index contributed by atoms with van der Waals surface area (Å²) in [5.41, 5.74) is 4.61. The van der Waals surface area contributed by atoms with Crippen LogP contribution in [0.1, 0.15) is 48.6 Å². The maximum absolute atomic E-state index is 13.1. The number of aromatic nitrogens is 6. The zero-order valence-corrected chi connectivity index (χ0v) is 30.9. The van der Waals surface area contributed by atoms with E-state index in [0.29, 0.717) is 35.9 Å². The summed E-state index contributed by atoms with van der Waals surface area (Å²) < 4.78 is 3.96. The van der Waals surface area contributed by atoms with Gasteiger partial charge in [0, 0.05) is 102 Å². The van der Waals surface area contributed by atoms with Gasteiger partial charge in [-0.3, -0.25) is 29.4 Å². The van der Waals surface area contributed by atoms with Crippen LogP contribution in [0.25, 0.3) is 21.9 Å². The number of amides is 4. The van der Waals surface area contributed by atoms with Gasteiger partial charge in [-0.2, -0.15) is 10.1 Å². The molecule has 4 fully saturated rings. The molecular weight excluding hydrogens is 687 g/mol. The van der Waals surface area contributed by atoms with Gasteiger partial charge in [-0.05, 0) is 43.2 Å². The summed E-state index contributed by atoms with van der Waals surface area (Å²) in [6.45, 7) is 5.93. The van der Waals surface area contributed by atoms with Crippen LogP contribution in [0.3, 0.4) is 0 Å². The topological polar surface area (TPSA) is 153 Å². The highest BCUT2D eigenvalue weighted by Crippen LogP contribution is 2.37. The van der Waals surface area contributed by atoms with Gasteiger partial charge in [0.2, 0.25) is 11.9 Å². The highest BCUT2D eigenvalue weighted by Gasteiger charge is 2.36. The number of urea groups is 1. The highest BCUT2D eigenvalue weighted by molar-refractivity contribution is 6.10. The lowest BCUT2D eigenvalue weighted by Gasteiger charge is -2.49. The van der Waals surface area contributed by atoms with Gasteiger partial charge in [0.05, 0.1) is 23.1 Å². The minimum Gasteiger partial charge on any atom is -0.368 e. The van der Waals surface area contributed by atoms with Crippen LogP contribution < -0.4 is 25.3 Å². The first-order chi connectivity index (χ1) is 26.2. The minimum atomic E-state index is -0.425. The summed E-state index contributed by atoms with van der Waals surface area (Å²) in [5.74, 6) is 1.42. The van der Waals surface area contributed by atoms with Crippen molar-refractivity contribution in [3.05, 3.63) is 54.5 Å². The van der Waals surface area contributed by atoms with Crippen molar-refractivity contribution in [1.82, 2.24) is 44.4 Å². The van der Waals surface area contributed by atoms with Crippen LogP contribution in [0.5, 0.6) is 0 Å². The van der Waals surface area contributed by atoms with Crippen LogP contribution in [-0.4, -0.2) is 123 Å². The molecule has 1 saturated carbocycles. The van der Waals surface area contributed by atoms with Crippen LogP contribution >= 0.6 is 0 Å². The molecule has 0 radical (unpaired) electrons. The van der Waals surface area contributed by atoms with E-state index in [0.717, 1.165) is 98.3 Å². The van der Waals surface area contributed by atoms with Crippen molar-refractivity contribution in [2.75, 3.05) is 79.9 Å². The Morgan fingerprint density at radius 2 is 1.72 bits per heavy atom. The minimum absolute atomic E-state index is 0.0251. The first-order valence-corrected chi connectivity index (χ1v) is 18.9. The number of hydrogen-bond acceptors (Lipinski definition) is 11. The van der Waals surface area contributed by atoms with Crippen molar-refractivity contribution in [1.29, 1.82) is 0 Å². The average Bonchev–Trinajstić information content (AvgIpc) is 3.89. The zero-order valence-electron chi connectivity index (χ0n) is 30.9. The number of nitrogens with one attached hydrogen (secondary N) is 2. The van der Waals surface area contributed by atoms with Gasteiger partial charge in [-0.25, -0.2) is 14.8 Å². The molecule has 54 heavy (non-hydrogen) atoms. The number of benzene rings is 1. The van der Waals surface area contributed by atoms with Crippen LogP contribution in [-0.2, 0) is 11.8 Å². The molecule has 4 amide bonds. The monoisotopic (exact) mass is 731 g/mol. The van der Waals surface area contributed by atoms with Gasteiger partial charge in [0.1, 0.15) is 17.2 Å². The molecule has 4 aromatic heterocycles. The zero-order chi connectivity index (χ0) is 37.1. The number of imide groups is 1. The summed E-state index contributed by atoms with van der Waals surface area (Å²) >= 11 is 0. The van der Waals surface area contributed by atoms with Crippen molar-refractivity contribution < 1.29 is 14.4 Å². The smallest absolute Gasteiger partial charge is 0.329 e. The van der Waals surface area contributed by atoms with E-state index >= 15 is 0 Å². The molecule has 2 N–H and O–H groups in total. The fourth-order valence-electron chi connectivity index (χ4n) is 8.50. The average molecular weight is 732 g/mol. The largest absolute Gasteiger partial charge is 0.368 e. The number of hydrogen-bond donors (Lipinski definition) is 2.